The largest absolute Gasteiger partial charge is 0.314 e. The molecule has 0 unspecified atom stereocenters. The van der Waals surface area contributed by atoms with Gasteiger partial charge in [0, 0.05) is 44.8 Å². The van der Waals surface area contributed by atoms with Gasteiger partial charge in [0.05, 0.1) is 0 Å². The summed E-state index contributed by atoms with van der Waals surface area (Å²) in [6, 6.07) is 12.0. The van der Waals surface area contributed by atoms with E-state index in [4.69, 9.17) is 0 Å². The lowest BCUT2D eigenvalue weighted by Gasteiger charge is -2.30. The fourth-order valence-electron chi connectivity index (χ4n) is 2.62. The first-order chi connectivity index (χ1) is 10.1. The van der Waals surface area contributed by atoms with Gasteiger partial charge in [-0.2, -0.15) is 0 Å². The Kier molecular flexibility index (Phi) is 9.31. The molecule has 21 heavy (non-hydrogen) atoms. The van der Waals surface area contributed by atoms with Crippen LogP contribution in [0.3, 0.4) is 0 Å². The molecule has 0 aliphatic carbocycles. The van der Waals surface area contributed by atoms with E-state index in [0.717, 1.165) is 39.1 Å². The molecule has 0 spiro atoms. The van der Waals surface area contributed by atoms with Gasteiger partial charge in [-0.15, -0.1) is 0 Å². The van der Waals surface area contributed by atoms with E-state index < -0.39 is 0 Å². The van der Waals surface area contributed by atoms with Crippen LogP contribution < -0.4 is 10.6 Å². The van der Waals surface area contributed by atoms with Gasteiger partial charge in [-0.25, -0.2) is 0 Å². The minimum Gasteiger partial charge on any atom is -0.314 e. The number of rotatable bonds is 5. The maximum Gasteiger partial charge on any atom is 0.00772 e. The number of nitrogens with zero attached hydrogens (tertiary/aromatic N) is 1. The summed E-state index contributed by atoms with van der Waals surface area (Å²) in [6.07, 6.45) is 1.15. The molecule has 3 nitrogen and oxygen atoms in total. The number of hydrogen-bond donors (Lipinski definition) is 2. The molecule has 1 saturated heterocycles. The molecule has 1 aliphatic rings. The van der Waals surface area contributed by atoms with Gasteiger partial charge in [0.25, 0.3) is 0 Å². The minimum atomic E-state index is 0.633. The Morgan fingerprint density at radius 2 is 1.33 bits per heavy atom. The van der Waals surface area contributed by atoms with Gasteiger partial charge >= 0.3 is 0 Å². The normalized spacial score (nSPS) is 15.2. The van der Waals surface area contributed by atoms with Gasteiger partial charge < -0.3 is 10.6 Å². The first-order valence-electron chi connectivity index (χ1n) is 8.32. The summed E-state index contributed by atoms with van der Waals surface area (Å²) >= 11 is 0. The van der Waals surface area contributed by atoms with Crippen LogP contribution >= 0.6 is 0 Å². The molecule has 0 atom stereocenters. The standard InChI is InChI=1S/C14H23N.C4H10N2/c1-12(2)15(13(3)4)11-10-14-8-6-5-7-9-14;1-2-6-4-3-5-1/h5-9,12-13H,10-11H2,1-4H3;5-6H,1-4H2. The first-order valence-corrected chi connectivity index (χ1v) is 8.32. The zero-order valence-corrected chi connectivity index (χ0v) is 14.2. The fourth-order valence-corrected chi connectivity index (χ4v) is 2.62. The molecule has 0 radical (unpaired) electrons. The van der Waals surface area contributed by atoms with Crippen molar-refractivity contribution in [2.24, 2.45) is 0 Å². The van der Waals surface area contributed by atoms with E-state index in [1.807, 2.05) is 0 Å². The Hall–Kier alpha value is -0.900. The van der Waals surface area contributed by atoms with Gasteiger partial charge in [0.2, 0.25) is 0 Å². The van der Waals surface area contributed by atoms with Crippen LogP contribution in [0.4, 0.5) is 0 Å². The van der Waals surface area contributed by atoms with E-state index >= 15 is 0 Å². The Morgan fingerprint density at radius 3 is 1.71 bits per heavy atom. The SMILES string of the molecule is C1CNCCN1.CC(C)N(CCc1ccccc1)C(C)C. The van der Waals surface area contributed by atoms with Crippen molar-refractivity contribution in [2.75, 3.05) is 32.7 Å². The highest BCUT2D eigenvalue weighted by Crippen LogP contribution is 2.07. The molecule has 120 valence electrons. The molecule has 3 heteroatoms. The predicted molar refractivity (Wildman–Crippen MR) is 92.9 cm³/mol. The van der Waals surface area contributed by atoms with Crippen LogP contribution in [0.5, 0.6) is 0 Å². The summed E-state index contributed by atoms with van der Waals surface area (Å²) in [6.45, 7) is 14.8. The van der Waals surface area contributed by atoms with E-state index in [2.05, 4.69) is 73.6 Å². The monoisotopic (exact) mass is 291 g/mol. The highest BCUT2D eigenvalue weighted by molar-refractivity contribution is 5.14. The average Bonchev–Trinajstić information content (AvgIpc) is 2.50. The van der Waals surface area contributed by atoms with Gasteiger partial charge in [0.15, 0.2) is 0 Å². The van der Waals surface area contributed by atoms with Crippen molar-refractivity contribution in [3.63, 3.8) is 0 Å². The third-order valence-electron chi connectivity index (χ3n) is 3.79. The van der Waals surface area contributed by atoms with E-state index in [-0.39, 0.29) is 0 Å². The van der Waals surface area contributed by atoms with Crippen molar-refractivity contribution in [3.05, 3.63) is 35.9 Å². The predicted octanol–water partition coefficient (Wildman–Crippen LogP) is 2.53. The van der Waals surface area contributed by atoms with Crippen LogP contribution in [0.15, 0.2) is 30.3 Å². The van der Waals surface area contributed by atoms with E-state index in [1.54, 1.807) is 0 Å². The second kappa shape index (κ2) is 10.8. The molecule has 2 rings (SSSR count). The molecular formula is C18H33N3. The molecule has 1 aromatic carbocycles. The van der Waals surface area contributed by atoms with Gasteiger partial charge in [-0.1, -0.05) is 30.3 Å². The van der Waals surface area contributed by atoms with Crippen molar-refractivity contribution in [1.29, 1.82) is 0 Å². The third-order valence-corrected chi connectivity index (χ3v) is 3.79. The van der Waals surface area contributed by atoms with Crippen LogP contribution in [0, 0.1) is 0 Å². The second-order valence-electron chi connectivity index (χ2n) is 6.16. The molecule has 1 fully saturated rings. The fraction of sp³-hybridized carbons (Fsp3) is 0.667. The van der Waals surface area contributed by atoms with Crippen LogP contribution in [-0.2, 0) is 6.42 Å². The summed E-state index contributed by atoms with van der Waals surface area (Å²) in [5.74, 6) is 0. The Morgan fingerprint density at radius 1 is 0.857 bits per heavy atom. The molecule has 1 aromatic rings. The summed E-state index contributed by atoms with van der Waals surface area (Å²) in [4.78, 5) is 2.53. The van der Waals surface area contributed by atoms with Crippen molar-refractivity contribution in [1.82, 2.24) is 15.5 Å². The van der Waals surface area contributed by atoms with Crippen molar-refractivity contribution >= 4 is 0 Å². The summed E-state index contributed by atoms with van der Waals surface area (Å²) in [5, 5.41) is 6.44. The van der Waals surface area contributed by atoms with Crippen LogP contribution in [0.2, 0.25) is 0 Å². The summed E-state index contributed by atoms with van der Waals surface area (Å²) < 4.78 is 0. The molecule has 2 N–H and O–H groups in total. The Labute approximate surface area is 131 Å². The highest BCUT2D eigenvalue weighted by Gasteiger charge is 2.12. The van der Waals surface area contributed by atoms with E-state index in [9.17, 15) is 0 Å². The summed E-state index contributed by atoms with van der Waals surface area (Å²) in [7, 11) is 0. The van der Waals surface area contributed by atoms with E-state index in [1.165, 1.54) is 5.56 Å². The molecule has 1 heterocycles. The maximum absolute atomic E-state index is 3.22. The lowest BCUT2D eigenvalue weighted by atomic mass is 10.1. The molecule has 0 amide bonds. The second-order valence-corrected chi connectivity index (χ2v) is 6.16. The highest BCUT2D eigenvalue weighted by atomic mass is 15.2. The Bertz CT molecular complexity index is 325. The lowest BCUT2D eigenvalue weighted by Crippen LogP contribution is -2.39. The molecular weight excluding hydrogens is 258 g/mol. The number of hydrogen-bond acceptors (Lipinski definition) is 3. The van der Waals surface area contributed by atoms with Crippen molar-refractivity contribution in [2.45, 2.75) is 46.2 Å². The van der Waals surface area contributed by atoms with Gasteiger partial charge in [-0.3, -0.25) is 4.90 Å². The molecule has 1 aliphatic heterocycles. The number of benzene rings is 1. The van der Waals surface area contributed by atoms with Crippen LogP contribution in [0.25, 0.3) is 0 Å². The first kappa shape index (κ1) is 18.1. The van der Waals surface area contributed by atoms with Gasteiger partial charge in [0.1, 0.15) is 0 Å². The molecule has 0 aromatic heterocycles. The number of piperazine rings is 1. The minimum absolute atomic E-state index is 0.633. The number of nitrogens with one attached hydrogen (secondary N) is 2. The van der Waals surface area contributed by atoms with Crippen LogP contribution in [0.1, 0.15) is 33.3 Å². The molecule has 0 saturated carbocycles. The van der Waals surface area contributed by atoms with Crippen molar-refractivity contribution in [3.8, 4) is 0 Å². The molecule has 0 bridgehead atoms. The van der Waals surface area contributed by atoms with Crippen molar-refractivity contribution < 1.29 is 0 Å². The topological polar surface area (TPSA) is 27.3 Å². The zero-order chi connectivity index (χ0) is 15.5. The average molecular weight is 291 g/mol. The zero-order valence-electron chi connectivity index (χ0n) is 14.2. The Balaban J connectivity index is 0.000000304. The van der Waals surface area contributed by atoms with Crippen LogP contribution in [-0.4, -0.2) is 49.7 Å². The van der Waals surface area contributed by atoms with E-state index in [0.29, 0.717) is 12.1 Å². The lowest BCUT2D eigenvalue weighted by molar-refractivity contribution is 0.177. The van der Waals surface area contributed by atoms with Gasteiger partial charge in [-0.05, 0) is 39.7 Å². The third kappa shape index (κ3) is 8.20. The quantitative estimate of drug-likeness (QED) is 0.873. The summed E-state index contributed by atoms with van der Waals surface area (Å²) in [5.41, 5.74) is 1.43. The smallest absolute Gasteiger partial charge is 0.00772 e. The maximum atomic E-state index is 3.22.